The van der Waals surface area contributed by atoms with Gasteiger partial charge in [-0.1, -0.05) is 73.4 Å². The van der Waals surface area contributed by atoms with Crippen molar-refractivity contribution in [1.29, 1.82) is 0 Å². The first-order valence-electron chi connectivity index (χ1n) is 9.21. The normalized spacial score (nSPS) is 17.8. The Morgan fingerprint density at radius 1 is 1.15 bits per heavy atom. The molecule has 1 atom stereocenters. The first kappa shape index (κ1) is 19.8. The average molecular weight is 346 g/mol. The van der Waals surface area contributed by atoms with Crippen molar-refractivity contribution in [3.8, 4) is 0 Å². The fourth-order valence-electron chi connectivity index (χ4n) is 3.65. The minimum Gasteiger partial charge on any atom is -0.367 e. The van der Waals surface area contributed by atoms with E-state index >= 15 is 0 Å². The second-order valence-electron chi connectivity index (χ2n) is 7.12. The maximum absolute atomic E-state index is 4.18. The van der Waals surface area contributed by atoms with Gasteiger partial charge in [0.05, 0.1) is 0 Å². The molecular formula is C25H31N. The second kappa shape index (κ2) is 8.71. The van der Waals surface area contributed by atoms with Crippen molar-refractivity contribution in [2.24, 2.45) is 0 Å². The van der Waals surface area contributed by atoms with Crippen LogP contribution in [0.3, 0.4) is 0 Å². The van der Waals surface area contributed by atoms with Gasteiger partial charge in [0.1, 0.15) is 0 Å². The quantitative estimate of drug-likeness (QED) is 0.521. The molecule has 1 aromatic rings. The molecule has 1 heteroatoms. The van der Waals surface area contributed by atoms with Crippen LogP contribution in [-0.4, -0.2) is 18.0 Å². The van der Waals surface area contributed by atoms with Crippen LogP contribution in [-0.2, 0) is 0 Å². The summed E-state index contributed by atoms with van der Waals surface area (Å²) in [7, 11) is 0. The molecule has 0 fully saturated rings. The first-order chi connectivity index (χ1) is 12.4. The summed E-state index contributed by atoms with van der Waals surface area (Å²) >= 11 is 0. The van der Waals surface area contributed by atoms with Gasteiger partial charge in [0.15, 0.2) is 0 Å². The van der Waals surface area contributed by atoms with Crippen molar-refractivity contribution in [2.75, 3.05) is 13.1 Å². The number of rotatable bonds is 6. The molecule has 0 amide bonds. The summed E-state index contributed by atoms with van der Waals surface area (Å²) in [6.45, 7) is 22.5. The molecule has 0 aliphatic carbocycles. The molecule has 0 aromatic heterocycles. The molecule has 1 aliphatic heterocycles. The summed E-state index contributed by atoms with van der Waals surface area (Å²) in [6, 6.07) is 8.68. The zero-order chi connectivity index (χ0) is 19.3. The van der Waals surface area contributed by atoms with Gasteiger partial charge < -0.3 is 4.90 Å². The van der Waals surface area contributed by atoms with Crippen LogP contribution in [0, 0.1) is 0 Å². The number of nitrogens with zero attached hydrogens (tertiary/aromatic N) is 1. The van der Waals surface area contributed by atoms with Gasteiger partial charge in [0.2, 0.25) is 0 Å². The molecule has 1 nitrogen and oxygen atoms in total. The summed E-state index contributed by atoms with van der Waals surface area (Å²) < 4.78 is 0. The molecule has 136 valence electrons. The summed E-state index contributed by atoms with van der Waals surface area (Å²) in [5.74, 6) is 0.293. The molecule has 0 N–H and O–H groups in total. The lowest BCUT2D eigenvalue weighted by atomic mass is 9.80. The third kappa shape index (κ3) is 4.16. The summed E-state index contributed by atoms with van der Waals surface area (Å²) in [4.78, 5) is 2.33. The third-order valence-electron chi connectivity index (χ3n) is 4.96. The maximum Gasteiger partial charge on any atom is 0.0392 e. The van der Waals surface area contributed by atoms with Crippen LogP contribution in [0.4, 0.5) is 0 Å². The molecule has 1 aliphatic rings. The van der Waals surface area contributed by atoms with Crippen molar-refractivity contribution in [1.82, 2.24) is 4.90 Å². The predicted molar refractivity (Wildman–Crippen MR) is 116 cm³/mol. The van der Waals surface area contributed by atoms with E-state index in [1.807, 2.05) is 12.2 Å². The van der Waals surface area contributed by atoms with Crippen LogP contribution >= 0.6 is 0 Å². The van der Waals surface area contributed by atoms with Gasteiger partial charge >= 0.3 is 0 Å². The Hall–Kier alpha value is -2.54. The molecule has 1 heterocycles. The summed E-state index contributed by atoms with van der Waals surface area (Å²) in [5.41, 5.74) is 8.90. The standard InChI is InChI=1S/C25H31N/c1-8-20(7)26-16-19(6)24(15-18(4)5)25(17-26)23-14-12-11-13-22(23)21(9-2)10-3/h8-15,25H,1-2,7,16-17H2,3-6H3/b21-10+. The van der Waals surface area contributed by atoms with Crippen LogP contribution in [0.5, 0.6) is 0 Å². The van der Waals surface area contributed by atoms with Crippen molar-refractivity contribution < 1.29 is 0 Å². The Morgan fingerprint density at radius 3 is 2.42 bits per heavy atom. The lowest BCUT2D eigenvalue weighted by Gasteiger charge is -2.38. The highest BCUT2D eigenvalue weighted by Crippen LogP contribution is 2.38. The predicted octanol–water partition coefficient (Wildman–Crippen LogP) is 6.66. The maximum atomic E-state index is 4.18. The van der Waals surface area contributed by atoms with E-state index in [2.05, 4.69) is 88.7 Å². The molecule has 0 bridgehead atoms. The monoisotopic (exact) mass is 345 g/mol. The van der Waals surface area contributed by atoms with Crippen molar-refractivity contribution in [3.05, 3.63) is 102 Å². The molecular weight excluding hydrogens is 314 g/mol. The summed E-state index contributed by atoms with van der Waals surface area (Å²) in [6.07, 6.45) is 8.27. The van der Waals surface area contributed by atoms with Gasteiger partial charge in [-0.2, -0.15) is 0 Å². The number of hydrogen-bond donors (Lipinski definition) is 0. The highest BCUT2D eigenvalue weighted by Gasteiger charge is 2.28. The van der Waals surface area contributed by atoms with Gasteiger partial charge in [0.25, 0.3) is 0 Å². The molecule has 26 heavy (non-hydrogen) atoms. The fraction of sp³-hybridized carbons (Fsp3) is 0.280. The van der Waals surface area contributed by atoms with Gasteiger partial charge in [-0.15, -0.1) is 0 Å². The Kier molecular flexibility index (Phi) is 6.63. The summed E-state index contributed by atoms with van der Waals surface area (Å²) in [5, 5.41) is 0. The molecule has 0 saturated carbocycles. The Bertz CT molecular complexity index is 797. The van der Waals surface area contributed by atoms with E-state index in [1.165, 1.54) is 33.4 Å². The Balaban J connectivity index is 2.65. The van der Waals surface area contributed by atoms with Crippen LogP contribution in [0.2, 0.25) is 0 Å². The average Bonchev–Trinajstić information content (AvgIpc) is 2.63. The number of hydrogen-bond acceptors (Lipinski definition) is 1. The van der Waals surface area contributed by atoms with Gasteiger partial charge in [-0.25, -0.2) is 0 Å². The molecule has 2 rings (SSSR count). The zero-order valence-electron chi connectivity index (χ0n) is 16.7. The highest BCUT2D eigenvalue weighted by molar-refractivity contribution is 5.76. The van der Waals surface area contributed by atoms with E-state index in [-0.39, 0.29) is 0 Å². The molecule has 1 aromatic carbocycles. The second-order valence-corrected chi connectivity index (χ2v) is 7.12. The van der Waals surface area contributed by atoms with E-state index in [9.17, 15) is 0 Å². The minimum atomic E-state index is 0.293. The van der Waals surface area contributed by atoms with E-state index in [1.54, 1.807) is 0 Å². The minimum absolute atomic E-state index is 0.293. The van der Waals surface area contributed by atoms with Crippen molar-refractivity contribution in [2.45, 2.75) is 33.6 Å². The molecule has 1 unspecified atom stereocenters. The zero-order valence-corrected chi connectivity index (χ0v) is 16.7. The third-order valence-corrected chi connectivity index (χ3v) is 4.96. The van der Waals surface area contributed by atoms with E-state index in [0.717, 1.165) is 18.8 Å². The lowest BCUT2D eigenvalue weighted by Crippen LogP contribution is -2.34. The molecule has 0 saturated heterocycles. The van der Waals surface area contributed by atoms with Crippen molar-refractivity contribution >= 4 is 5.57 Å². The number of allylic oxidation sites excluding steroid dienone is 6. The first-order valence-corrected chi connectivity index (χ1v) is 9.21. The largest absolute Gasteiger partial charge is 0.367 e. The van der Waals surface area contributed by atoms with Gasteiger partial charge in [-0.05, 0) is 56.0 Å². The smallest absolute Gasteiger partial charge is 0.0392 e. The molecule has 0 spiro atoms. The van der Waals surface area contributed by atoms with E-state index < -0.39 is 0 Å². The number of benzene rings is 1. The van der Waals surface area contributed by atoms with Crippen molar-refractivity contribution in [3.63, 3.8) is 0 Å². The Labute approximate surface area is 159 Å². The lowest BCUT2D eigenvalue weighted by molar-refractivity contribution is 0.349. The Morgan fingerprint density at radius 2 is 1.85 bits per heavy atom. The SMILES string of the molecule is C=CC(=C)N1CC(C)=C(C=C(C)C)C(c2ccccc2/C(C=C)=C/C)C1. The van der Waals surface area contributed by atoms with Gasteiger partial charge in [-0.3, -0.25) is 0 Å². The fourth-order valence-corrected chi connectivity index (χ4v) is 3.65. The van der Waals surface area contributed by atoms with Crippen LogP contribution in [0.15, 0.2) is 90.7 Å². The van der Waals surface area contributed by atoms with E-state index in [4.69, 9.17) is 0 Å². The van der Waals surface area contributed by atoms with E-state index in [0.29, 0.717) is 5.92 Å². The highest BCUT2D eigenvalue weighted by atomic mass is 15.1. The van der Waals surface area contributed by atoms with Crippen LogP contribution in [0.25, 0.3) is 5.57 Å². The topological polar surface area (TPSA) is 3.24 Å². The van der Waals surface area contributed by atoms with Gasteiger partial charge in [0, 0.05) is 24.7 Å². The van der Waals surface area contributed by atoms with Crippen LogP contribution < -0.4 is 0 Å². The molecule has 0 radical (unpaired) electrons. The van der Waals surface area contributed by atoms with Crippen LogP contribution in [0.1, 0.15) is 44.7 Å².